The van der Waals surface area contributed by atoms with Crippen molar-refractivity contribution in [3.8, 4) is 0 Å². The summed E-state index contributed by atoms with van der Waals surface area (Å²) in [6.07, 6.45) is 18.5. The molecule has 2 fully saturated rings. The highest BCUT2D eigenvalue weighted by Gasteiger charge is 2.15. The molecule has 2 aromatic rings. The van der Waals surface area contributed by atoms with Crippen LogP contribution in [-0.4, -0.2) is 0 Å². The average molecular weight is 345 g/mol. The van der Waals surface area contributed by atoms with Gasteiger partial charge < -0.3 is 0 Å². The van der Waals surface area contributed by atoms with Gasteiger partial charge in [0.2, 0.25) is 0 Å². The Bertz CT molecular complexity index is 629. The minimum atomic E-state index is 0.800. The zero-order valence-corrected chi connectivity index (χ0v) is 16.0. The number of benzene rings is 2. The normalized spacial score (nSPS) is 19.8. The second-order valence-corrected chi connectivity index (χ2v) is 8.34. The van der Waals surface area contributed by atoms with Crippen LogP contribution in [0.15, 0.2) is 48.5 Å². The highest BCUT2D eigenvalue weighted by molar-refractivity contribution is 5.69. The smallest absolute Gasteiger partial charge is 0.0162 e. The van der Waals surface area contributed by atoms with Crippen LogP contribution in [0.3, 0.4) is 0 Å². The molecule has 0 aromatic heterocycles. The first-order chi connectivity index (χ1) is 12.9. The van der Waals surface area contributed by atoms with Crippen molar-refractivity contribution in [1.82, 2.24) is 0 Å². The molecule has 0 spiro atoms. The van der Waals surface area contributed by atoms with Crippen molar-refractivity contribution in [3.63, 3.8) is 0 Å². The van der Waals surface area contributed by atoms with E-state index in [1.54, 1.807) is 11.1 Å². The van der Waals surface area contributed by atoms with E-state index in [4.69, 9.17) is 0 Å². The summed E-state index contributed by atoms with van der Waals surface area (Å²) in [5.74, 6) is 1.60. The Balaban J connectivity index is 1.37. The van der Waals surface area contributed by atoms with Crippen molar-refractivity contribution >= 4 is 12.2 Å². The Labute approximate surface area is 159 Å². The predicted molar refractivity (Wildman–Crippen MR) is 113 cm³/mol. The van der Waals surface area contributed by atoms with Crippen LogP contribution in [0.25, 0.3) is 12.2 Å². The van der Waals surface area contributed by atoms with E-state index in [0.29, 0.717) is 0 Å². The molecule has 0 nitrogen and oxygen atoms in total. The van der Waals surface area contributed by atoms with Gasteiger partial charge in [0.15, 0.2) is 0 Å². The van der Waals surface area contributed by atoms with Crippen molar-refractivity contribution in [1.29, 1.82) is 0 Å². The molecular formula is C26H32. The van der Waals surface area contributed by atoms with Gasteiger partial charge in [-0.2, -0.15) is 0 Å². The summed E-state index contributed by atoms with van der Waals surface area (Å²) in [6.45, 7) is 0. The second-order valence-electron chi connectivity index (χ2n) is 8.34. The second kappa shape index (κ2) is 8.71. The van der Waals surface area contributed by atoms with E-state index in [-0.39, 0.29) is 0 Å². The molecule has 0 saturated heterocycles. The maximum Gasteiger partial charge on any atom is -0.0162 e. The first-order valence-corrected chi connectivity index (χ1v) is 10.8. The molecular weight excluding hydrogens is 312 g/mol. The quantitative estimate of drug-likeness (QED) is 0.494. The molecule has 0 heteroatoms. The first kappa shape index (κ1) is 17.6. The molecule has 0 bridgehead atoms. The summed E-state index contributed by atoms with van der Waals surface area (Å²) >= 11 is 0. The molecule has 0 radical (unpaired) electrons. The maximum atomic E-state index is 2.35. The Morgan fingerprint density at radius 2 is 0.808 bits per heavy atom. The summed E-state index contributed by atoms with van der Waals surface area (Å²) < 4.78 is 0. The summed E-state index contributed by atoms with van der Waals surface area (Å²) in [7, 11) is 0. The largest absolute Gasteiger partial charge is 0.0582 e. The highest BCUT2D eigenvalue weighted by atomic mass is 14.2. The van der Waals surface area contributed by atoms with Crippen LogP contribution in [0.5, 0.6) is 0 Å². The van der Waals surface area contributed by atoms with Crippen molar-refractivity contribution in [3.05, 3.63) is 70.8 Å². The van der Waals surface area contributed by atoms with Gasteiger partial charge in [0.25, 0.3) is 0 Å². The summed E-state index contributed by atoms with van der Waals surface area (Å²) in [4.78, 5) is 0. The van der Waals surface area contributed by atoms with E-state index in [2.05, 4.69) is 60.7 Å². The van der Waals surface area contributed by atoms with Crippen LogP contribution in [0.1, 0.15) is 98.3 Å². The van der Waals surface area contributed by atoms with E-state index in [1.807, 2.05) is 0 Å². The van der Waals surface area contributed by atoms with Crippen LogP contribution in [-0.2, 0) is 0 Å². The lowest BCUT2D eigenvalue weighted by molar-refractivity contribution is 0.443. The van der Waals surface area contributed by atoms with Gasteiger partial charge in [-0.25, -0.2) is 0 Å². The lowest BCUT2D eigenvalue weighted by atomic mass is 9.84. The Hall–Kier alpha value is -1.82. The molecule has 0 N–H and O–H groups in total. The van der Waals surface area contributed by atoms with Gasteiger partial charge in [0.1, 0.15) is 0 Å². The van der Waals surface area contributed by atoms with E-state index >= 15 is 0 Å². The molecule has 0 aliphatic heterocycles. The standard InChI is InChI=1S/C26H32/c1-3-7-23(8-4-1)25-17-13-21(14-18-25)11-12-22-15-19-26(20-16-22)24-9-5-2-6-10-24/h11-20,23-24H,1-10H2/b12-11+. The Morgan fingerprint density at radius 1 is 0.462 bits per heavy atom. The number of hydrogen-bond acceptors (Lipinski definition) is 0. The molecule has 2 aliphatic rings. The van der Waals surface area contributed by atoms with Gasteiger partial charge in [-0.3, -0.25) is 0 Å². The summed E-state index contributed by atoms with van der Waals surface area (Å²) in [5, 5.41) is 0. The van der Waals surface area contributed by atoms with Gasteiger partial charge in [-0.15, -0.1) is 0 Å². The molecule has 136 valence electrons. The van der Waals surface area contributed by atoms with E-state index in [0.717, 1.165) is 11.8 Å². The predicted octanol–water partition coefficient (Wildman–Crippen LogP) is 7.95. The third-order valence-corrected chi connectivity index (χ3v) is 6.49. The zero-order chi connectivity index (χ0) is 17.6. The van der Waals surface area contributed by atoms with Gasteiger partial charge in [0.05, 0.1) is 0 Å². The lowest BCUT2D eigenvalue weighted by Crippen LogP contribution is -2.04. The fourth-order valence-electron chi connectivity index (χ4n) is 4.82. The lowest BCUT2D eigenvalue weighted by Gasteiger charge is -2.22. The third kappa shape index (κ3) is 4.47. The van der Waals surface area contributed by atoms with Crippen LogP contribution in [0.4, 0.5) is 0 Å². The van der Waals surface area contributed by atoms with Crippen LogP contribution in [0, 0.1) is 0 Å². The molecule has 26 heavy (non-hydrogen) atoms. The van der Waals surface area contributed by atoms with Crippen molar-refractivity contribution in [2.45, 2.75) is 76.0 Å². The molecule has 2 aliphatic carbocycles. The minimum Gasteiger partial charge on any atom is -0.0582 e. The molecule has 0 amide bonds. The van der Waals surface area contributed by atoms with Crippen molar-refractivity contribution in [2.75, 3.05) is 0 Å². The Kier molecular flexibility index (Phi) is 5.89. The SMILES string of the molecule is C(=C\c1ccc(C2CCCCC2)cc1)/c1ccc(C2CCCCC2)cc1. The van der Waals surface area contributed by atoms with E-state index in [9.17, 15) is 0 Å². The van der Waals surface area contributed by atoms with E-state index in [1.165, 1.54) is 75.3 Å². The monoisotopic (exact) mass is 344 g/mol. The van der Waals surface area contributed by atoms with Gasteiger partial charge in [-0.05, 0) is 59.8 Å². The molecule has 0 unspecified atom stereocenters. The maximum absolute atomic E-state index is 2.35. The van der Waals surface area contributed by atoms with Gasteiger partial charge >= 0.3 is 0 Å². The number of hydrogen-bond donors (Lipinski definition) is 0. The summed E-state index contributed by atoms with van der Waals surface area (Å²) in [6, 6.07) is 18.6. The van der Waals surface area contributed by atoms with Crippen LogP contribution < -0.4 is 0 Å². The Morgan fingerprint density at radius 3 is 1.15 bits per heavy atom. The molecule has 4 rings (SSSR count). The molecule has 0 atom stereocenters. The topological polar surface area (TPSA) is 0 Å². The molecule has 2 aromatic carbocycles. The fourth-order valence-corrected chi connectivity index (χ4v) is 4.82. The van der Waals surface area contributed by atoms with E-state index < -0.39 is 0 Å². The minimum absolute atomic E-state index is 0.800. The van der Waals surface area contributed by atoms with Gasteiger partial charge in [0, 0.05) is 0 Å². The summed E-state index contributed by atoms with van der Waals surface area (Å²) in [5.41, 5.74) is 5.69. The fraction of sp³-hybridized carbons (Fsp3) is 0.462. The van der Waals surface area contributed by atoms with Crippen LogP contribution >= 0.6 is 0 Å². The highest BCUT2D eigenvalue weighted by Crippen LogP contribution is 2.33. The van der Waals surface area contributed by atoms with Gasteiger partial charge in [-0.1, -0.05) is 99.2 Å². The molecule has 0 heterocycles. The van der Waals surface area contributed by atoms with Crippen molar-refractivity contribution in [2.24, 2.45) is 0 Å². The van der Waals surface area contributed by atoms with Crippen molar-refractivity contribution < 1.29 is 0 Å². The number of rotatable bonds is 4. The zero-order valence-electron chi connectivity index (χ0n) is 16.0. The molecule has 2 saturated carbocycles. The third-order valence-electron chi connectivity index (χ3n) is 6.49. The van der Waals surface area contributed by atoms with Crippen LogP contribution in [0.2, 0.25) is 0 Å². The average Bonchev–Trinajstić information content (AvgIpc) is 2.74. The first-order valence-electron chi connectivity index (χ1n) is 10.8.